The molecular weight excluding hydrogens is 411 g/mol. The largest absolute Gasteiger partial charge is 0.465 e. The lowest BCUT2D eigenvalue weighted by Gasteiger charge is -2.17. The summed E-state index contributed by atoms with van der Waals surface area (Å²) in [6.45, 7) is 2.82. The fourth-order valence-corrected chi connectivity index (χ4v) is 3.31. The van der Waals surface area contributed by atoms with E-state index in [9.17, 15) is 14.0 Å². The summed E-state index contributed by atoms with van der Waals surface area (Å²) in [5, 5.41) is 10.2. The topological polar surface area (TPSA) is 87.3 Å². The SMILES string of the molecule is COC(=O)c1ccc(C)c(NC(=O)CN(C)CCCc2cc(-c3ccc(F)cc3)n[nH]2)c1. The van der Waals surface area contributed by atoms with E-state index in [1.54, 1.807) is 30.3 Å². The number of rotatable bonds is 9. The van der Waals surface area contributed by atoms with Gasteiger partial charge in [0.1, 0.15) is 5.82 Å². The molecule has 168 valence electrons. The van der Waals surface area contributed by atoms with Crippen LogP contribution in [0.5, 0.6) is 0 Å². The van der Waals surface area contributed by atoms with Gasteiger partial charge in [0.15, 0.2) is 0 Å². The maximum absolute atomic E-state index is 13.1. The second-order valence-corrected chi connectivity index (χ2v) is 7.70. The average molecular weight is 439 g/mol. The number of aryl methyl sites for hydroxylation is 2. The van der Waals surface area contributed by atoms with Crippen LogP contribution in [0, 0.1) is 12.7 Å². The predicted octanol–water partition coefficient (Wildman–Crippen LogP) is 3.81. The minimum absolute atomic E-state index is 0.155. The van der Waals surface area contributed by atoms with Crippen molar-refractivity contribution in [2.45, 2.75) is 19.8 Å². The first kappa shape index (κ1) is 23.1. The Balaban J connectivity index is 1.46. The second kappa shape index (κ2) is 10.7. The number of nitrogens with one attached hydrogen (secondary N) is 2. The number of ether oxygens (including phenoxy) is 1. The molecule has 0 aliphatic carbocycles. The van der Waals surface area contributed by atoms with E-state index in [2.05, 4.69) is 15.5 Å². The van der Waals surface area contributed by atoms with Crippen molar-refractivity contribution < 1.29 is 18.7 Å². The van der Waals surface area contributed by atoms with Crippen molar-refractivity contribution >= 4 is 17.6 Å². The number of hydrogen-bond donors (Lipinski definition) is 2. The number of amides is 1. The molecule has 1 heterocycles. The lowest BCUT2D eigenvalue weighted by Crippen LogP contribution is -2.31. The maximum Gasteiger partial charge on any atom is 0.337 e. The summed E-state index contributed by atoms with van der Waals surface area (Å²) in [5.74, 6) is -0.875. The molecule has 0 saturated carbocycles. The molecule has 1 aromatic heterocycles. The van der Waals surface area contributed by atoms with Crippen molar-refractivity contribution in [3.05, 3.63) is 71.2 Å². The summed E-state index contributed by atoms with van der Waals surface area (Å²) in [7, 11) is 3.20. The van der Waals surface area contributed by atoms with Gasteiger partial charge in [0.05, 0.1) is 24.9 Å². The number of likely N-dealkylation sites (N-methyl/N-ethyl adjacent to an activating group) is 1. The van der Waals surface area contributed by atoms with E-state index < -0.39 is 5.97 Å². The standard InChI is InChI=1S/C24H27FN4O3/c1-16-6-7-18(24(31)32-3)13-21(16)26-23(30)15-29(2)12-4-5-20-14-22(28-27-20)17-8-10-19(25)11-9-17/h6-11,13-14H,4-5,12,15H2,1-3H3,(H,26,30)(H,27,28). The van der Waals surface area contributed by atoms with Crippen LogP contribution < -0.4 is 5.32 Å². The van der Waals surface area contributed by atoms with Gasteiger partial charge in [-0.3, -0.25) is 14.8 Å². The molecule has 0 atom stereocenters. The Morgan fingerprint density at radius 3 is 2.62 bits per heavy atom. The van der Waals surface area contributed by atoms with Gasteiger partial charge in [-0.2, -0.15) is 5.10 Å². The summed E-state index contributed by atoms with van der Waals surface area (Å²) < 4.78 is 17.8. The van der Waals surface area contributed by atoms with Crippen LogP contribution in [0.15, 0.2) is 48.5 Å². The summed E-state index contributed by atoms with van der Waals surface area (Å²) in [6, 6.07) is 13.2. The number of anilines is 1. The Kier molecular flexibility index (Phi) is 7.72. The van der Waals surface area contributed by atoms with Gasteiger partial charge in [-0.25, -0.2) is 9.18 Å². The molecule has 0 aliphatic rings. The van der Waals surface area contributed by atoms with Crippen molar-refractivity contribution in [2.75, 3.05) is 32.6 Å². The van der Waals surface area contributed by atoms with E-state index >= 15 is 0 Å². The van der Waals surface area contributed by atoms with Crippen molar-refractivity contribution in [1.82, 2.24) is 15.1 Å². The molecule has 0 saturated heterocycles. The molecule has 0 spiro atoms. The van der Waals surface area contributed by atoms with Crippen LogP contribution in [0.3, 0.4) is 0 Å². The van der Waals surface area contributed by atoms with E-state index in [-0.39, 0.29) is 18.3 Å². The number of esters is 1. The van der Waals surface area contributed by atoms with E-state index in [1.807, 2.05) is 24.9 Å². The summed E-state index contributed by atoms with van der Waals surface area (Å²) >= 11 is 0. The van der Waals surface area contributed by atoms with Crippen LogP contribution in [0.25, 0.3) is 11.3 Å². The summed E-state index contributed by atoms with van der Waals surface area (Å²) in [5.41, 5.74) is 4.47. The second-order valence-electron chi connectivity index (χ2n) is 7.70. The van der Waals surface area contributed by atoms with Crippen molar-refractivity contribution in [1.29, 1.82) is 0 Å². The van der Waals surface area contributed by atoms with E-state index in [0.29, 0.717) is 11.3 Å². The molecule has 7 nitrogen and oxygen atoms in total. The molecule has 0 unspecified atom stereocenters. The minimum Gasteiger partial charge on any atom is -0.465 e. The highest BCUT2D eigenvalue weighted by atomic mass is 19.1. The van der Waals surface area contributed by atoms with Crippen molar-refractivity contribution in [3.8, 4) is 11.3 Å². The van der Waals surface area contributed by atoms with E-state index in [1.165, 1.54) is 19.2 Å². The highest BCUT2D eigenvalue weighted by Crippen LogP contribution is 2.19. The van der Waals surface area contributed by atoms with Crippen LogP contribution in [0.1, 0.15) is 28.0 Å². The van der Waals surface area contributed by atoms with Crippen LogP contribution in [-0.4, -0.2) is 54.2 Å². The van der Waals surface area contributed by atoms with Gasteiger partial charge >= 0.3 is 5.97 Å². The van der Waals surface area contributed by atoms with Gasteiger partial charge in [0, 0.05) is 16.9 Å². The molecule has 2 N–H and O–H groups in total. The third-order valence-electron chi connectivity index (χ3n) is 5.10. The molecular formula is C24H27FN4O3. The van der Waals surface area contributed by atoms with Gasteiger partial charge in [-0.15, -0.1) is 0 Å². The zero-order valence-electron chi connectivity index (χ0n) is 18.4. The molecule has 3 rings (SSSR count). The predicted molar refractivity (Wildman–Crippen MR) is 121 cm³/mol. The highest BCUT2D eigenvalue weighted by molar-refractivity contribution is 5.96. The van der Waals surface area contributed by atoms with Gasteiger partial charge in [0.25, 0.3) is 0 Å². The number of halogens is 1. The number of nitrogens with zero attached hydrogens (tertiary/aromatic N) is 2. The monoisotopic (exact) mass is 438 g/mol. The van der Waals surface area contributed by atoms with Gasteiger partial charge < -0.3 is 10.1 Å². The minimum atomic E-state index is -0.445. The summed E-state index contributed by atoms with van der Waals surface area (Å²) in [6.07, 6.45) is 1.62. The molecule has 0 aliphatic heterocycles. The van der Waals surface area contributed by atoms with Crippen LogP contribution in [-0.2, 0) is 16.0 Å². The molecule has 0 bridgehead atoms. The first-order valence-corrected chi connectivity index (χ1v) is 10.3. The normalized spacial score (nSPS) is 10.9. The lowest BCUT2D eigenvalue weighted by molar-refractivity contribution is -0.117. The van der Waals surface area contributed by atoms with Crippen molar-refractivity contribution in [3.63, 3.8) is 0 Å². The van der Waals surface area contributed by atoms with Gasteiger partial charge in [-0.05, 0) is 81.4 Å². The number of aromatic nitrogens is 2. The molecule has 2 aromatic carbocycles. The fourth-order valence-electron chi connectivity index (χ4n) is 3.31. The molecule has 0 radical (unpaired) electrons. The maximum atomic E-state index is 13.1. The Hall–Kier alpha value is -3.52. The number of hydrogen-bond acceptors (Lipinski definition) is 5. The van der Waals surface area contributed by atoms with E-state index in [4.69, 9.17) is 4.74 Å². The number of carbonyl (C=O) groups is 2. The zero-order valence-corrected chi connectivity index (χ0v) is 18.4. The van der Waals surface area contributed by atoms with E-state index in [0.717, 1.165) is 41.9 Å². The third kappa shape index (κ3) is 6.24. The number of H-pyrrole nitrogens is 1. The molecule has 8 heteroatoms. The number of methoxy groups -OCH3 is 1. The fraction of sp³-hybridized carbons (Fsp3) is 0.292. The van der Waals surface area contributed by atoms with Gasteiger partial charge in [-0.1, -0.05) is 6.07 Å². The first-order chi connectivity index (χ1) is 15.4. The number of carbonyl (C=O) groups excluding carboxylic acids is 2. The average Bonchev–Trinajstić information content (AvgIpc) is 3.24. The molecule has 3 aromatic rings. The Labute approximate surface area is 186 Å². The lowest BCUT2D eigenvalue weighted by atomic mass is 10.1. The zero-order chi connectivity index (χ0) is 23.1. The highest BCUT2D eigenvalue weighted by Gasteiger charge is 2.12. The Morgan fingerprint density at radius 2 is 1.91 bits per heavy atom. The quantitative estimate of drug-likeness (QED) is 0.496. The van der Waals surface area contributed by atoms with Crippen LogP contribution >= 0.6 is 0 Å². The molecule has 0 fully saturated rings. The molecule has 32 heavy (non-hydrogen) atoms. The smallest absolute Gasteiger partial charge is 0.337 e. The molecule has 1 amide bonds. The number of benzene rings is 2. The van der Waals surface area contributed by atoms with Gasteiger partial charge in [0.2, 0.25) is 5.91 Å². The van der Waals surface area contributed by atoms with Crippen molar-refractivity contribution in [2.24, 2.45) is 0 Å². The number of aromatic amines is 1. The summed E-state index contributed by atoms with van der Waals surface area (Å²) in [4.78, 5) is 26.1. The Bertz CT molecular complexity index is 1080. The third-order valence-corrected chi connectivity index (χ3v) is 5.10. The van der Waals surface area contributed by atoms with Crippen LogP contribution in [0.4, 0.5) is 10.1 Å². The van der Waals surface area contributed by atoms with Crippen LogP contribution in [0.2, 0.25) is 0 Å². The first-order valence-electron chi connectivity index (χ1n) is 10.3. The Morgan fingerprint density at radius 1 is 1.16 bits per heavy atom.